The van der Waals surface area contributed by atoms with E-state index in [1.807, 2.05) is 0 Å². The molecule has 4 aliphatic carbocycles. The molecule has 114 valence electrons. The SMILES string of the molecule is O=C(CC12CC3CC(CC(C3)C1)C2)NCC(F)(F)CO. The lowest BCUT2D eigenvalue weighted by Crippen LogP contribution is -2.49. The van der Waals surface area contributed by atoms with E-state index >= 15 is 0 Å². The van der Waals surface area contributed by atoms with Crippen LogP contribution in [0.1, 0.15) is 44.9 Å². The summed E-state index contributed by atoms with van der Waals surface area (Å²) in [6, 6.07) is 0. The Labute approximate surface area is 118 Å². The van der Waals surface area contributed by atoms with Crippen LogP contribution < -0.4 is 5.32 Å². The summed E-state index contributed by atoms with van der Waals surface area (Å²) in [4.78, 5) is 12.0. The summed E-state index contributed by atoms with van der Waals surface area (Å²) >= 11 is 0. The number of halogens is 2. The molecule has 4 bridgehead atoms. The Bertz CT molecular complexity index is 362. The highest BCUT2D eigenvalue weighted by atomic mass is 19.3. The number of hydrogen-bond acceptors (Lipinski definition) is 2. The standard InChI is InChI=1S/C15H23F2NO2/c16-15(17,9-19)8-18-13(20)7-14-4-10-1-11(5-14)3-12(2-10)6-14/h10-12,19H,1-9H2,(H,18,20). The van der Waals surface area contributed by atoms with Crippen molar-refractivity contribution in [1.82, 2.24) is 5.32 Å². The molecular weight excluding hydrogens is 264 g/mol. The molecule has 4 fully saturated rings. The second-order valence-electron chi connectivity index (χ2n) is 7.39. The van der Waals surface area contributed by atoms with E-state index in [0.29, 0.717) is 6.42 Å². The third-order valence-corrected chi connectivity index (χ3v) is 5.48. The summed E-state index contributed by atoms with van der Waals surface area (Å²) in [5, 5.41) is 10.8. The first-order chi connectivity index (χ1) is 9.40. The predicted octanol–water partition coefficient (Wildman–Crippen LogP) is 2.34. The van der Waals surface area contributed by atoms with Gasteiger partial charge >= 0.3 is 0 Å². The maximum Gasteiger partial charge on any atom is 0.287 e. The van der Waals surface area contributed by atoms with Crippen LogP contribution in [-0.4, -0.2) is 30.1 Å². The van der Waals surface area contributed by atoms with E-state index in [9.17, 15) is 13.6 Å². The quantitative estimate of drug-likeness (QED) is 0.815. The van der Waals surface area contributed by atoms with Crippen molar-refractivity contribution in [1.29, 1.82) is 0 Å². The molecule has 0 spiro atoms. The van der Waals surface area contributed by atoms with Crippen LogP contribution >= 0.6 is 0 Å². The molecule has 0 heterocycles. The number of alkyl halides is 2. The Morgan fingerprint density at radius 1 is 1.15 bits per heavy atom. The normalized spacial score (nSPS) is 39.0. The monoisotopic (exact) mass is 287 g/mol. The fourth-order valence-corrected chi connectivity index (χ4v) is 5.19. The number of nitrogens with one attached hydrogen (secondary N) is 1. The van der Waals surface area contributed by atoms with Gasteiger partial charge in [-0.25, -0.2) is 8.78 Å². The number of carbonyl (C=O) groups excluding carboxylic acids is 1. The largest absolute Gasteiger partial charge is 0.390 e. The molecule has 5 heteroatoms. The van der Waals surface area contributed by atoms with Gasteiger partial charge in [0.1, 0.15) is 6.61 Å². The maximum atomic E-state index is 12.9. The maximum absolute atomic E-state index is 12.9. The second kappa shape index (κ2) is 4.93. The highest BCUT2D eigenvalue weighted by Crippen LogP contribution is 2.61. The minimum atomic E-state index is -3.21. The van der Waals surface area contributed by atoms with Crippen LogP contribution in [0.15, 0.2) is 0 Å². The van der Waals surface area contributed by atoms with E-state index in [0.717, 1.165) is 37.0 Å². The van der Waals surface area contributed by atoms with Gasteiger partial charge in [-0.05, 0) is 61.7 Å². The van der Waals surface area contributed by atoms with Gasteiger partial charge in [0.15, 0.2) is 0 Å². The molecule has 0 aliphatic heterocycles. The van der Waals surface area contributed by atoms with Crippen molar-refractivity contribution in [2.45, 2.75) is 50.9 Å². The van der Waals surface area contributed by atoms with E-state index in [4.69, 9.17) is 5.11 Å². The van der Waals surface area contributed by atoms with Crippen molar-refractivity contribution in [3.63, 3.8) is 0 Å². The van der Waals surface area contributed by atoms with Gasteiger partial charge in [-0.2, -0.15) is 0 Å². The predicted molar refractivity (Wildman–Crippen MR) is 70.3 cm³/mol. The second-order valence-corrected chi connectivity index (χ2v) is 7.39. The van der Waals surface area contributed by atoms with Gasteiger partial charge < -0.3 is 10.4 Å². The molecule has 0 unspecified atom stereocenters. The number of aliphatic hydroxyl groups is 1. The van der Waals surface area contributed by atoms with Crippen LogP contribution in [0.4, 0.5) is 8.78 Å². The minimum absolute atomic E-state index is 0.0767. The van der Waals surface area contributed by atoms with E-state index in [1.165, 1.54) is 19.3 Å². The third kappa shape index (κ3) is 2.83. The van der Waals surface area contributed by atoms with Crippen molar-refractivity contribution in [2.75, 3.05) is 13.2 Å². The van der Waals surface area contributed by atoms with Gasteiger partial charge in [0.05, 0.1) is 6.54 Å². The van der Waals surface area contributed by atoms with Gasteiger partial charge in [0, 0.05) is 6.42 Å². The van der Waals surface area contributed by atoms with Gasteiger partial charge in [0.2, 0.25) is 5.91 Å². The molecule has 1 amide bonds. The molecule has 0 atom stereocenters. The summed E-state index contributed by atoms with van der Waals surface area (Å²) < 4.78 is 25.9. The average Bonchev–Trinajstić information content (AvgIpc) is 2.34. The highest BCUT2D eigenvalue weighted by molar-refractivity contribution is 5.76. The molecule has 3 nitrogen and oxygen atoms in total. The summed E-state index contributed by atoms with van der Waals surface area (Å²) in [6.07, 6.45) is 7.61. The Morgan fingerprint density at radius 3 is 2.10 bits per heavy atom. The van der Waals surface area contributed by atoms with Gasteiger partial charge in [0.25, 0.3) is 5.92 Å². The van der Waals surface area contributed by atoms with E-state index < -0.39 is 19.1 Å². The third-order valence-electron chi connectivity index (χ3n) is 5.48. The summed E-state index contributed by atoms with van der Waals surface area (Å²) in [5.41, 5.74) is 0.0767. The summed E-state index contributed by atoms with van der Waals surface area (Å²) in [5.74, 6) is -1.22. The lowest BCUT2D eigenvalue weighted by atomic mass is 9.49. The summed E-state index contributed by atoms with van der Waals surface area (Å²) in [6.45, 7) is -1.97. The molecule has 4 rings (SSSR count). The topological polar surface area (TPSA) is 49.3 Å². The van der Waals surface area contributed by atoms with Crippen LogP contribution in [0.2, 0.25) is 0 Å². The average molecular weight is 287 g/mol. The number of hydrogen-bond donors (Lipinski definition) is 2. The van der Waals surface area contributed by atoms with E-state index in [1.54, 1.807) is 0 Å². The lowest BCUT2D eigenvalue weighted by Gasteiger charge is -2.56. The van der Waals surface area contributed by atoms with Gasteiger partial charge in [-0.3, -0.25) is 4.79 Å². The molecule has 20 heavy (non-hydrogen) atoms. The number of carbonyl (C=O) groups is 1. The highest BCUT2D eigenvalue weighted by Gasteiger charge is 2.51. The van der Waals surface area contributed by atoms with Gasteiger partial charge in [-0.1, -0.05) is 0 Å². The van der Waals surface area contributed by atoms with Crippen LogP contribution in [-0.2, 0) is 4.79 Å². The minimum Gasteiger partial charge on any atom is -0.390 e. The molecule has 0 radical (unpaired) electrons. The molecular formula is C15H23F2NO2. The number of rotatable bonds is 5. The Hall–Kier alpha value is -0.710. The van der Waals surface area contributed by atoms with Crippen LogP contribution in [0.5, 0.6) is 0 Å². The fourth-order valence-electron chi connectivity index (χ4n) is 5.19. The first-order valence-corrected chi connectivity index (χ1v) is 7.65. The van der Waals surface area contributed by atoms with E-state index in [2.05, 4.69) is 5.32 Å². The smallest absolute Gasteiger partial charge is 0.287 e. The van der Waals surface area contributed by atoms with Crippen LogP contribution in [0.3, 0.4) is 0 Å². The molecule has 4 aliphatic rings. The zero-order valence-electron chi connectivity index (χ0n) is 11.7. The van der Waals surface area contributed by atoms with Crippen molar-refractivity contribution in [2.24, 2.45) is 23.2 Å². The molecule has 0 aromatic carbocycles. The number of amides is 1. The van der Waals surface area contributed by atoms with Crippen LogP contribution in [0, 0.1) is 23.2 Å². The van der Waals surface area contributed by atoms with Crippen molar-refractivity contribution >= 4 is 5.91 Å². The molecule has 0 aromatic heterocycles. The van der Waals surface area contributed by atoms with Crippen molar-refractivity contribution in [3.05, 3.63) is 0 Å². The Kier molecular flexibility index (Phi) is 3.51. The number of aliphatic hydroxyl groups excluding tert-OH is 1. The lowest BCUT2D eigenvalue weighted by molar-refractivity contribution is -0.132. The van der Waals surface area contributed by atoms with Crippen molar-refractivity contribution in [3.8, 4) is 0 Å². The molecule has 0 aromatic rings. The van der Waals surface area contributed by atoms with Crippen LogP contribution in [0.25, 0.3) is 0 Å². The fraction of sp³-hybridized carbons (Fsp3) is 0.933. The van der Waals surface area contributed by atoms with Crippen molar-refractivity contribution < 1.29 is 18.7 Å². The first-order valence-electron chi connectivity index (χ1n) is 7.65. The zero-order chi connectivity index (χ0) is 14.4. The Morgan fingerprint density at radius 2 is 1.65 bits per heavy atom. The Balaban J connectivity index is 1.56. The first kappa shape index (κ1) is 14.2. The van der Waals surface area contributed by atoms with Gasteiger partial charge in [-0.15, -0.1) is 0 Å². The van der Waals surface area contributed by atoms with E-state index in [-0.39, 0.29) is 11.3 Å². The summed E-state index contributed by atoms with van der Waals surface area (Å²) in [7, 11) is 0. The molecule has 0 saturated heterocycles. The zero-order valence-corrected chi connectivity index (χ0v) is 11.7. The molecule has 4 saturated carbocycles. The molecule has 2 N–H and O–H groups in total.